The van der Waals surface area contributed by atoms with Crippen molar-refractivity contribution in [1.82, 2.24) is 4.90 Å². The van der Waals surface area contributed by atoms with Crippen LogP contribution in [-0.2, 0) is 11.3 Å². The summed E-state index contributed by atoms with van der Waals surface area (Å²) in [5.41, 5.74) is 1.03. The summed E-state index contributed by atoms with van der Waals surface area (Å²) in [4.78, 5) is 1.74. The zero-order valence-corrected chi connectivity index (χ0v) is 11.9. The Balaban J connectivity index is 1.91. The number of β-amino-alcohol motifs (C(OH)–C–C–N with tert-alkyl or cyclic N) is 2. The molecular weight excluding hydrogens is 274 g/mol. The molecule has 6 nitrogen and oxygen atoms in total. The van der Waals surface area contributed by atoms with Crippen LogP contribution in [0.3, 0.4) is 0 Å². The molecule has 0 saturated carbocycles. The van der Waals surface area contributed by atoms with Crippen LogP contribution in [0, 0.1) is 0 Å². The molecule has 0 bridgehead atoms. The highest BCUT2D eigenvalue weighted by atomic mass is 16.5. The minimum absolute atomic E-state index is 0.0787. The Morgan fingerprint density at radius 3 is 2.48 bits per heavy atom. The molecule has 1 aromatic carbocycles. The van der Waals surface area contributed by atoms with Gasteiger partial charge in [0.05, 0.1) is 32.0 Å². The summed E-state index contributed by atoms with van der Waals surface area (Å²) in [6.07, 6.45) is -3.31. The third-order valence-corrected chi connectivity index (χ3v) is 3.82. The molecule has 1 aliphatic heterocycles. The van der Waals surface area contributed by atoms with Gasteiger partial charge >= 0.3 is 0 Å². The molecular formula is C15H23NO5. The van der Waals surface area contributed by atoms with E-state index in [0.717, 1.165) is 5.56 Å². The highest BCUT2D eigenvalue weighted by Crippen LogP contribution is 2.19. The maximum atomic E-state index is 10.1. The fourth-order valence-electron chi connectivity index (χ4n) is 2.62. The van der Waals surface area contributed by atoms with Crippen LogP contribution < -0.4 is 0 Å². The summed E-state index contributed by atoms with van der Waals surface area (Å²) in [6.45, 7) is 1.08. The lowest BCUT2D eigenvalue weighted by molar-refractivity contribution is -0.152. The van der Waals surface area contributed by atoms with Crippen LogP contribution in [0.25, 0.3) is 0 Å². The molecule has 0 radical (unpaired) electrons. The highest BCUT2D eigenvalue weighted by Gasteiger charge is 2.41. The van der Waals surface area contributed by atoms with Crippen molar-refractivity contribution in [3.05, 3.63) is 35.9 Å². The molecule has 4 atom stereocenters. The molecule has 0 aliphatic carbocycles. The molecule has 1 fully saturated rings. The lowest BCUT2D eigenvalue weighted by Crippen LogP contribution is -2.63. The summed E-state index contributed by atoms with van der Waals surface area (Å²) >= 11 is 0. The van der Waals surface area contributed by atoms with E-state index in [1.165, 1.54) is 0 Å². The quantitative estimate of drug-likeness (QED) is 0.536. The first-order valence-electron chi connectivity index (χ1n) is 7.14. The monoisotopic (exact) mass is 297 g/mol. The Labute approximate surface area is 124 Å². The maximum Gasteiger partial charge on any atom is 0.109 e. The van der Waals surface area contributed by atoms with Gasteiger partial charge in [-0.1, -0.05) is 30.3 Å². The normalized spacial score (nSPS) is 30.5. The maximum absolute atomic E-state index is 10.1. The highest BCUT2D eigenvalue weighted by molar-refractivity contribution is 5.13. The molecule has 4 N–H and O–H groups in total. The zero-order valence-electron chi connectivity index (χ0n) is 11.9. The summed E-state index contributed by atoms with van der Waals surface area (Å²) < 4.78 is 5.61. The lowest BCUT2D eigenvalue weighted by Gasteiger charge is -2.43. The number of ether oxygens (including phenoxy) is 1. The van der Waals surface area contributed by atoms with Gasteiger partial charge in [0, 0.05) is 13.1 Å². The predicted molar refractivity (Wildman–Crippen MR) is 76.6 cm³/mol. The van der Waals surface area contributed by atoms with Gasteiger partial charge in [-0.05, 0) is 5.56 Å². The summed E-state index contributed by atoms with van der Waals surface area (Å²) in [7, 11) is 0. The second-order valence-corrected chi connectivity index (χ2v) is 5.34. The van der Waals surface area contributed by atoms with Crippen LogP contribution in [0.4, 0.5) is 0 Å². The SMILES string of the molecule is OCCN1C[C@@H](O)[C@@H](O)[C@H](O)[C@H]1COCc1ccccc1. The Morgan fingerprint density at radius 2 is 1.81 bits per heavy atom. The van der Waals surface area contributed by atoms with E-state index in [9.17, 15) is 15.3 Å². The van der Waals surface area contributed by atoms with Crippen LogP contribution in [0.15, 0.2) is 30.3 Å². The fourth-order valence-corrected chi connectivity index (χ4v) is 2.62. The van der Waals surface area contributed by atoms with Gasteiger partial charge < -0.3 is 25.2 Å². The molecule has 1 aromatic rings. The standard InChI is InChI=1S/C15H23NO5/c17-7-6-16-8-13(18)15(20)14(19)12(16)10-21-9-11-4-2-1-3-5-11/h1-5,12-15,17-20H,6-10H2/t12-,13-,14-,15-/m1/s1. The van der Waals surface area contributed by atoms with Crippen LogP contribution in [-0.4, -0.2) is 76.0 Å². The summed E-state index contributed by atoms with van der Waals surface area (Å²) in [5, 5.41) is 38.6. The Hall–Kier alpha value is -1.02. The van der Waals surface area contributed by atoms with Crippen molar-refractivity contribution in [3.8, 4) is 0 Å². The third-order valence-electron chi connectivity index (χ3n) is 3.82. The second-order valence-electron chi connectivity index (χ2n) is 5.34. The van der Waals surface area contributed by atoms with E-state index in [2.05, 4.69) is 0 Å². The second kappa shape index (κ2) is 7.84. The smallest absolute Gasteiger partial charge is 0.109 e. The van der Waals surface area contributed by atoms with Gasteiger partial charge in [-0.3, -0.25) is 4.90 Å². The number of aliphatic hydroxyl groups excluding tert-OH is 4. The van der Waals surface area contributed by atoms with Crippen molar-refractivity contribution < 1.29 is 25.2 Å². The van der Waals surface area contributed by atoms with Gasteiger partial charge in [0.2, 0.25) is 0 Å². The third kappa shape index (κ3) is 4.23. The molecule has 1 aliphatic rings. The molecule has 0 aromatic heterocycles. The van der Waals surface area contributed by atoms with E-state index >= 15 is 0 Å². The van der Waals surface area contributed by atoms with Gasteiger partial charge in [0.1, 0.15) is 12.2 Å². The zero-order chi connectivity index (χ0) is 15.2. The molecule has 1 heterocycles. The lowest BCUT2D eigenvalue weighted by atomic mass is 9.94. The average molecular weight is 297 g/mol. The Bertz CT molecular complexity index is 416. The number of hydrogen-bond acceptors (Lipinski definition) is 6. The van der Waals surface area contributed by atoms with Crippen molar-refractivity contribution in [2.75, 3.05) is 26.3 Å². The van der Waals surface area contributed by atoms with Crippen LogP contribution in [0.2, 0.25) is 0 Å². The minimum Gasteiger partial charge on any atom is -0.395 e. The number of benzene rings is 1. The van der Waals surface area contributed by atoms with E-state index in [-0.39, 0.29) is 19.8 Å². The van der Waals surface area contributed by atoms with E-state index in [0.29, 0.717) is 13.2 Å². The van der Waals surface area contributed by atoms with Crippen LogP contribution in [0.5, 0.6) is 0 Å². The van der Waals surface area contributed by atoms with Crippen molar-refractivity contribution in [3.63, 3.8) is 0 Å². The summed E-state index contributed by atoms with van der Waals surface area (Å²) in [5.74, 6) is 0. The molecule has 2 rings (SSSR count). The topological polar surface area (TPSA) is 93.4 Å². The van der Waals surface area contributed by atoms with E-state index in [1.807, 2.05) is 30.3 Å². The first-order chi connectivity index (χ1) is 10.1. The van der Waals surface area contributed by atoms with E-state index < -0.39 is 24.4 Å². The van der Waals surface area contributed by atoms with Gasteiger partial charge in [0.25, 0.3) is 0 Å². The minimum atomic E-state index is -1.19. The first-order valence-corrected chi connectivity index (χ1v) is 7.14. The van der Waals surface area contributed by atoms with Gasteiger partial charge in [-0.2, -0.15) is 0 Å². The van der Waals surface area contributed by atoms with E-state index in [1.54, 1.807) is 4.90 Å². The van der Waals surface area contributed by atoms with Crippen LogP contribution >= 0.6 is 0 Å². The molecule has 0 unspecified atom stereocenters. The number of hydrogen-bond donors (Lipinski definition) is 4. The average Bonchev–Trinajstić information content (AvgIpc) is 2.49. The molecule has 0 amide bonds. The molecule has 21 heavy (non-hydrogen) atoms. The Kier molecular flexibility index (Phi) is 6.10. The number of likely N-dealkylation sites (tertiary alicyclic amines) is 1. The number of rotatable bonds is 6. The van der Waals surface area contributed by atoms with Crippen molar-refractivity contribution in [2.24, 2.45) is 0 Å². The van der Waals surface area contributed by atoms with Gasteiger partial charge in [-0.25, -0.2) is 0 Å². The van der Waals surface area contributed by atoms with Gasteiger partial charge in [-0.15, -0.1) is 0 Å². The Morgan fingerprint density at radius 1 is 1.10 bits per heavy atom. The fraction of sp³-hybridized carbons (Fsp3) is 0.600. The molecule has 118 valence electrons. The number of piperidine rings is 1. The van der Waals surface area contributed by atoms with Crippen molar-refractivity contribution >= 4 is 0 Å². The molecule has 0 spiro atoms. The predicted octanol–water partition coefficient (Wildman–Crippen LogP) is -1.04. The largest absolute Gasteiger partial charge is 0.395 e. The van der Waals surface area contributed by atoms with Crippen molar-refractivity contribution in [1.29, 1.82) is 0 Å². The number of nitrogens with zero attached hydrogens (tertiary/aromatic N) is 1. The van der Waals surface area contributed by atoms with Crippen molar-refractivity contribution in [2.45, 2.75) is 31.0 Å². The summed E-state index contributed by atoms with van der Waals surface area (Å²) in [6, 6.07) is 9.22. The first kappa shape index (κ1) is 16.4. The van der Waals surface area contributed by atoms with Crippen LogP contribution in [0.1, 0.15) is 5.56 Å². The van der Waals surface area contributed by atoms with Gasteiger partial charge in [0.15, 0.2) is 0 Å². The molecule has 6 heteroatoms. The van der Waals surface area contributed by atoms with E-state index in [4.69, 9.17) is 9.84 Å². The molecule has 1 saturated heterocycles. The number of aliphatic hydroxyl groups is 4.